The Balaban J connectivity index is 1.74. The lowest BCUT2D eigenvalue weighted by molar-refractivity contribution is 0.0928. The van der Waals surface area contributed by atoms with Crippen LogP contribution in [0, 0.1) is 0 Å². The van der Waals surface area contributed by atoms with Gasteiger partial charge in [0, 0.05) is 24.6 Å². The molecule has 3 rings (SSSR count). The predicted octanol–water partition coefficient (Wildman–Crippen LogP) is 2.46. The molecule has 5 nitrogen and oxygen atoms in total. The van der Waals surface area contributed by atoms with E-state index in [2.05, 4.69) is 19.9 Å². The number of pyridine rings is 1. The number of amides is 1. The van der Waals surface area contributed by atoms with Gasteiger partial charge in [0.05, 0.1) is 17.9 Å². The molecule has 2 aromatic rings. The summed E-state index contributed by atoms with van der Waals surface area (Å²) in [7, 11) is 0. The van der Waals surface area contributed by atoms with Crippen molar-refractivity contribution in [3.05, 3.63) is 47.8 Å². The lowest BCUT2D eigenvalue weighted by Crippen LogP contribution is -2.38. The molecule has 0 saturated heterocycles. The zero-order valence-electron chi connectivity index (χ0n) is 10.9. The van der Waals surface area contributed by atoms with Crippen LogP contribution in [0.25, 0.3) is 0 Å². The van der Waals surface area contributed by atoms with Crippen LogP contribution in [-0.4, -0.2) is 26.5 Å². The Labute approximate surface area is 122 Å². The highest BCUT2D eigenvalue weighted by Crippen LogP contribution is 2.30. The van der Waals surface area contributed by atoms with Crippen LogP contribution < -0.4 is 5.32 Å². The molecular formula is C14H15ClN4O. The van der Waals surface area contributed by atoms with Gasteiger partial charge in [0.25, 0.3) is 5.91 Å². The molecule has 104 valence electrons. The average molecular weight is 291 g/mol. The van der Waals surface area contributed by atoms with Crippen LogP contribution in [0.5, 0.6) is 0 Å². The van der Waals surface area contributed by atoms with E-state index >= 15 is 0 Å². The van der Waals surface area contributed by atoms with Gasteiger partial charge in [0.2, 0.25) is 0 Å². The van der Waals surface area contributed by atoms with E-state index in [0.717, 1.165) is 19.3 Å². The number of rotatable bonds is 3. The van der Waals surface area contributed by atoms with Gasteiger partial charge in [0.1, 0.15) is 5.15 Å². The highest BCUT2D eigenvalue weighted by Gasteiger charge is 2.30. The molecule has 2 unspecified atom stereocenters. The van der Waals surface area contributed by atoms with Crippen LogP contribution in [0.15, 0.2) is 37.1 Å². The molecule has 1 saturated carbocycles. The molecule has 6 heteroatoms. The summed E-state index contributed by atoms with van der Waals surface area (Å²) in [5.41, 5.74) is 0.422. The molecule has 1 fully saturated rings. The van der Waals surface area contributed by atoms with E-state index in [0.29, 0.717) is 5.56 Å². The van der Waals surface area contributed by atoms with Gasteiger partial charge in [-0.2, -0.15) is 0 Å². The smallest absolute Gasteiger partial charge is 0.254 e. The fourth-order valence-electron chi connectivity index (χ4n) is 2.73. The molecule has 1 aliphatic carbocycles. The van der Waals surface area contributed by atoms with Gasteiger partial charge in [0.15, 0.2) is 0 Å². The molecule has 1 amide bonds. The van der Waals surface area contributed by atoms with Crippen LogP contribution in [0.3, 0.4) is 0 Å². The third kappa shape index (κ3) is 2.54. The molecule has 0 aliphatic heterocycles. The Hall–Kier alpha value is -1.88. The molecule has 2 atom stereocenters. The highest BCUT2D eigenvalue weighted by molar-refractivity contribution is 6.32. The Kier molecular flexibility index (Phi) is 3.69. The average Bonchev–Trinajstić information content (AvgIpc) is 3.09. The fraction of sp³-hybridized carbons (Fsp3) is 0.357. The summed E-state index contributed by atoms with van der Waals surface area (Å²) in [4.78, 5) is 20.3. The highest BCUT2D eigenvalue weighted by atomic mass is 35.5. The summed E-state index contributed by atoms with van der Waals surface area (Å²) in [5.74, 6) is -0.167. The van der Waals surface area contributed by atoms with E-state index in [1.165, 1.54) is 0 Å². The number of aromatic nitrogens is 3. The summed E-state index contributed by atoms with van der Waals surface area (Å²) in [5, 5.41) is 3.30. The second kappa shape index (κ2) is 5.63. The van der Waals surface area contributed by atoms with Crippen LogP contribution >= 0.6 is 11.6 Å². The number of imidazole rings is 1. The number of carbonyl (C=O) groups excluding carboxylic acids is 1. The zero-order valence-corrected chi connectivity index (χ0v) is 11.6. The molecular weight excluding hydrogens is 276 g/mol. The predicted molar refractivity (Wildman–Crippen MR) is 75.6 cm³/mol. The number of hydrogen-bond donors (Lipinski definition) is 1. The first kappa shape index (κ1) is 13.1. The zero-order chi connectivity index (χ0) is 13.9. The van der Waals surface area contributed by atoms with Gasteiger partial charge in [-0.25, -0.2) is 9.97 Å². The van der Waals surface area contributed by atoms with E-state index < -0.39 is 0 Å². The maximum absolute atomic E-state index is 12.3. The topological polar surface area (TPSA) is 59.8 Å². The van der Waals surface area contributed by atoms with Crippen molar-refractivity contribution in [2.75, 3.05) is 0 Å². The van der Waals surface area contributed by atoms with Crippen LogP contribution in [0.2, 0.25) is 5.15 Å². The van der Waals surface area contributed by atoms with Crippen molar-refractivity contribution >= 4 is 17.5 Å². The second-order valence-corrected chi connectivity index (χ2v) is 5.29. The molecule has 0 bridgehead atoms. The molecule has 2 aromatic heterocycles. The van der Waals surface area contributed by atoms with Crippen molar-refractivity contribution < 1.29 is 4.79 Å². The van der Waals surface area contributed by atoms with Gasteiger partial charge in [-0.3, -0.25) is 4.79 Å². The first-order valence-electron chi connectivity index (χ1n) is 6.64. The minimum Gasteiger partial charge on any atom is -0.347 e. The van der Waals surface area contributed by atoms with Crippen LogP contribution in [0.4, 0.5) is 0 Å². The first-order valence-corrected chi connectivity index (χ1v) is 7.02. The van der Waals surface area contributed by atoms with Gasteiger partial charge in [-0.1, -0.05) is 11.6 Å². The number of halogens is 1. The third-order valence-electron chi connectivity index (χ3n) is 3.71. The minimum atomic E-state index is -0.167. The number of carbonyl (C=O) groups is 1. The van der Waals surface area contributed by atoms with E-state index in [-0.39, 0.29) is 23.1 Å². The van der Waals surface area contributed by atoms with Crippen molar-refractivity contribution in [1.82, 2.24) is 19.9 Å². The number of nitrogens with one attached hydrogen (secondary N) is 1. The van der Waals surface area contributed by atoms with Crippen molar-refractivity contribution in [2.45, 2.75) is 31.3 Å². The first-order chi connectivity index (χ1) is 9.75. The summed E-state index contributed by atoms with van der Waals surface area (Å²) in [6.45, 7) is 0. The lowest BCUT2D eigenvalue weighted by atomic mass is 10.1. The standard InChI is InChI=1S/C14H15ClN4O/c15-13-10(3-2-6-17-13)14(20)18-11-4-1-5-12(11)19-8-7-16-9-19/h2-3,6-9,11-12H,1,4-5H2,(H,18,20). The van der Waals surface area contributed by atoms with Gasteiger partial charge in [-0.05, 0) is 31.4 Å². The fourth-order valence-corrected chi connectivity index (χ4v) is 2.94. The van der Waals surface area contributed by atoms with E-state index in [1.54, 1.807) is 30.9 Å². The van der Waals surface area contributed by atoms with Gasteiger partial charge < -0.3 is 9.88 Å². The Morgan fingerprint density at radius 1 is 1.40 bits per heavy atom. The van der Waals surface area contributed by atoms with E-state index in [1.807, 2.05) is 6.20 Å². The maximum Gasteiger partial charge on any atom is 0.254 e. The summed E-state index contributed by atoms with van der Waals surface area (Å²) >= 11 is 5.95. The molecule has 20 heavy (non-hydrogen) atoms. The Morgan fingerprint density at radius 3 is 3.05 bits per heavy atom. The van der Waals surface area contributed by atoms with Gasteiger partial charge in [-0.15, -0.1) is 0 Å². The Bertz CT molecular complexity index is 599. The maximum atomic E-state index is 12.3. The van der Waals surface area contributed by atoms with Crippen LogP contribution in [0.1, 0.15) is 35.7 Å². The molecule has 0 radical (unpaired) electrons. The largest absolute Gasteiger partial charge is 0.347 e. The number of nitrogens with zero attached hydrogens (tertiary/aromatic N) is 3. The minimum absolute atomic E-state index is 0.105. The van der Waals surface area contributed by atoms with Crippen molar-refractivity contribution in [1.29, 1.82) is 0 Å². The van der Waals surface area contributed by atoms with Crippen molar-refractivity contribution in [2.24, 2.45) is 0 Å². The van der Waals surface area contributed by atoms with Crippen molar-refractivity contribution in [3.8, 4) is 0 Å². The summed E-state index contributed by atoms with van der Waals surface area (Å²) in [6.07, 6.45) is 10.2. The van der Waals surface area contributed by atoms with Crippen LogP contribution in [-0.2, 0) is 0 Å². The quantitative estimate of drug-likeness (QED) is 0.883. The summed E-state index contributed by atoms with van der Waals surface area (Å²) in [6, 6.07) is 3.76. The third-order valence-corrected chi connectivity index (χ3v) is 4.01. The number of hydrogen-bond acceptors (Lipinski definition) is 3. The Morgan fingerprint density at radius 2 is 2.30 bits per heavy atom. The molecule has 0 aromatic carbocycles. The van der Waals surface area contributed by atoms with Crippen molar-refractivity contribution in [3.63, 3.8) is 0 Å². The summed E-state index contributed by atoms with van der Waals surface area (Å²) < 4.78 is 2.06. The molecule has 2 heterocycles. The molecule has 1 aliphatic rings. The molecule has 0 spiro atoms. The lowest BCUT2D eigenvalue weighted by Gasteiger charge is -2.22. The van der Waals surface area contributed by atoms with E-state index in [4.69, 9.17) is 11.6 Å². The van der Waals surface area contributed by atoms with E-state index in [9.17, 15) is 4.79 Å². The molecule has 1 N–H and O–H groups in total. The normalized spacial score (nSPS) is 21.9. The second-order valence-electron chi connectivity index (χ2n) is 4.93. The SMILES string of the molecule is O=C(NC1CCCC1n1ccnc1)c1cccnc1Cl. The van der Waals surface area contributed by atoms with Gasteiger partial charge >= 0.3 is 0 Å². The monoisotopic (exact) mass is 290 g/mol.